The molecule has 3 rings (SSSR count). The van der Waals surface area contributed by atoms with Gasteiger partial charge in [-0.05, 0) is 61.6 Å². The molecular formula is C23H36O6SSi. The van der Waals surface area contributed by atoms with E-state index < -0.39 is 41.0 Å². The lowest BCUT2D eigenvalue weighted by Crippen LogP contribution is -2.67. The lowest BCUT2D eigenvalue weighted by Gasteiger charge is -2.53. The second kappa shape index (κ2) is 7.76. The molecule has 6 nitrogen and oxygen atoms in total. The van der Waals surface area contributed by atoms with E-state index in [2.05, 4.69) is 33.9 Å². The lowest BCUT2D eigenvalue weighted by atomic mass is 9.85. The molecule has 0 aliphatic heterocycles. The van der Waals surface area contributed by atoms with Gasteiger partial charge >= 0.3 is 0 Å². The third-order valence-corrected chi connectivity index (χ3v) is 15.3. The fourth-order valence-electron chi connectivity index (χ4n) is 4.58. The van der Waals surface area contributed by atoms with Crippen LogP contribution in [0.5, 0.6) is 0 Å². The van der Waals surface area contributed by atoms with Crippen LogP contribution in [0.3, 0.4) is 0 Å². The van der Waals surface area contributed by atoms with Crippen molar-refractivity contribution in [2.45, 2.75) is 93.3 Å². The minimum Gasteiger partial charge on any atom is -0.377 e. The van der Waals surface area contributed by atoms with Crippen molar-refractivity contribution in [2.75, 3.05) is 0 Å². The van der Waals surface area contributed by atoms with Crippen molar-refractivity contribution in [3.8, 4) is 0 Å². The topological polar surface area (TPSA) is 101 Å². The average molecular weight is 469 g/mol. The van der Waals surface area contributed by atoms with Gasteiger partial charge in [0, 0.05) is 5.54 Å². The molecule has 0 bridgehead atoms. The molecule has 1 aromatic carbocycles. The summed E-state index contributed by atoms with van der Waals surface area (Å²) < 4.78 is 32.2. The minimum absolute atomic E-state index is 0.00401. The largest absolute Gasteiger partial charge is 0.377 e. The number of aryl methyl sites for hydroxylation is 1. The molecule has 0 aromatic heterocycles. The van der Waals surface area contributed by atoms with Gasteiger partial charge in [0.15, 0.2) is 11.9 Å². The molecule has 0 amide bonds. The SMILES string of the molecule is Cc1ccc(S(=O)(=O)OC(O)(C(C2CC2)[Si](C)(C)C(C)(C)C)C(O)(C=O)C2CC2)cc1. The van der Waals surface area contributed by atoms with Crippen LogP contribution in [-0.4, -0.2) is 44.4 Å². The Morgan fingerprint density at radius 2 is 1.58 bits per heavy atom. The van der Waals surface area contributed by atoms with Crippen molar-refractivity contribution in [1.29, 1.82) is 0 Å². The summed E-state index contributed by atoms with van der Waals surface area (Å²) in [5.74, 6) is -3.04. The predicted molar refractivity (Wildman–Crippen MR) is 122 cm³/mol. The van der Waals surface area contributed by atoms with Crippen LogP contribution in [0.1, 0.15) is 52.0 Å². The van der Waals surface area contributed by atoms with E-state index in [1.54, 1.807) is 12.1 Å². The second-order valence-corrected chi connectivity index (χ2v) is 18.2. The van der Waals surface area contributed by atoms with Crippen LogP contribution in [0.4, 0.5) is 0 Å². The number of benzene rings is 1. The fourth-order valence-corrected chi connectivity index (χ4v) is 9.51. The first-order valence-electron chi connectivity index (χ1n) is 11.0. The molecule has 0 saturated heterocycles. The number of carbonyl (C=O) groups excluding carboxylic acids is 1. The van der Waals surface area contributed by atoms with Crippen molar-refractivity contribution in [1.82, 2.24) is 0 Å². The van der Waals surface area contributed by atoms with Crippen molar-refractivity contribution < 1.29 is 27.6 Å². The number of hydrogen-bond donors (Lipinski definition) is 2. The Bertz CT molecular complexity index is 928. The molecule has 3 atom stereocenters. The molecule has 1 aromatic rings. The van der Waals surface area contributed by atoms with Crippen molar-refractivity contribution in [3.05, 3.63) is 29.8 Å². The molecule has 3 unspecified atom stereocenters. The Labute approximate surface area is 187 Å². The molecular weight excluding hydrogens is 432 g/mol. The highest BCUT2D eigenvalue weighted by molar-refractivity contribution is 7.86. The van der Waals surface area contributed by atoms with Gasteiger partial charge in [0.1, 0.15) is 0 Å². The van der Waals surface area contributed by atoms with Crippen molar-refractivity contribution in [3.63, 3.8) is 0 Å². The highest BCUT2D eigenvalue weighted by atomic mass is 32.2. The number of carbonyl (C=O) groups is 1. The van der Waals surface area contributed by atoms with Gasteiger partial charge in [0.05, 0.1) is 13.0 Å². The van der Waals surface area contributed by atoms with E-state index in [1.165, 1.54) is 12.1 Å². The van der Waals surface area contributed by atoms with E-state index in [0.29, 0.717) is 19.1 Å². The summed E-state index contributed by atoms with van der Waals surface area (Å²) in [5, 5.41) is 23.4. The minimum atomic E-state index is -4.44. The monoisotopic (exact) mass is 468 g/mol. The maximum Gasteiger partial charge on any atom is 0.299 e. The van der Waals surface area contributed by atoms with Gasteiger partial charge in [-0.2, -0.15) is 8.42 Å². The molecule has 0 heterocycles. The highest BCUT2D eigenvalue weighted by Gasteiger charge is 2.70. The van der Waals surface area contributed by atoms with Gasteiger partial charge in [0.25, 0.3) is 10.1 Å². The van der Waals surface area contributed by atoms with Gasteiger partial charge in [-0.3, -0.25) is 4.79 Å². The molecule has 31 heavy (non-hydrogen) atoms. The van der Waals surface area contributed by atoms with Crippen LogP contribution in [0, 0.1) is 18.8 Å². The third kappa shape index (κ3) is 4.29. The van der Waals surface area contributed by atoms with Crippen molar-refractivity contribution in [2.24, 2.45) is 11.8 Å². The molecule has 2 fully saturated rings. The van der Waals surface area contributed by atoms with E-state index in [9.17, 15) is 23.4 Å². The third-order valence-electron chi connectivity index (χ3n) is 7.73. The number of hydrogen-bond acceptors (Lipinski definition) is 6. The van der Waals surface area contributed by atoms with E-state index in [-0.39, 0.29) is 15.9 Å². The first-order chi connectivity index (χ1) is 14.1. The quantitative estimate of drug-likeness (QED) is 0.246. The van der Waals surface area contributed by atoms with Gasteiger partial charge in [0.2, 0.25) is 5.79 Å². The van der Waals surface area contributed by atoms with Crippen LogP contribution in [0.2, 0.25) is 23.7 Å². The van der Waals surface area contributed by atoms with Crippen LogP contribution < -0.4 is 0 Å². The van der Waals surface area contributed by atoms with E-state index in [1.807, 2.05) is 6.92 Å². The average Bonchev–Trinajstić information content (AvgIpc) is 3.52. The summed E-state index contributed by atoms with van der Waals surface area (Å²) >= 11 is 0. The normalized spacial score (nSPS) is 23.0. The zero-order valence-corrected chi connectivity index (χ0v) is 21.2. The van der Waals surface area contributed by atoms with Gasteiger partial charge in [-0.15, -0.1) is 0 Å². The Hall–Kier alpha value is -1.06. The Kier molecular flexibility index (Phi) is 6.15. The lowest BCUT2D eigenvalue weighted by molar-refractivity contribution is -0.254. The maximum atomic E-state index is 13.3. The van der Waals surface area contributed by atoms with E-state index >= 15 is 0 Å². The molecule has 0 radical (unpaired) electrons. The summed E-state index contributed by atoms with van der Waals surface area (Å²) in [5.41, 5.74) is -2.03. The standard InChI is InChI=1S/C23H36O6SSi/c1-16-7-13-19(14-8-16)30(27,28)29-23(26,22(25,15-24)18-11-12-18)20(17-9-10-17)31(5,6)21(2,3)4/h7-8,13-15,17-18,20,25-26H,9-12H2,1-6H3. The molecule has 2 aliphatic carbocycles. The Morgan fingerprint density at radius 1 is 1.06 bits per heavy atom. The molecule has 174 valence electrons. The molecule has 2 saturated carbocycles. The van der Waals surface area contributed by atoms with E-state index in [4.69, 9.17) is 4.18 Å². The predicted octanol–water partition coefficient (Wildman–Crippen LogP) is 4.02. The highest BCUT2D eigenvalue weighted by Crippen LogP contribution is 2.62. The first kappa shape index (κ1) is 24.6. The van der Waals surface area contributed by atoms with Gasteiger partial charge in [-0.1, -0.05) is 51.6 Å². The molecule has 2 N–H and O–H groups in total. The van der Waals surface area contributed by atoms with Crippen LogP contribution in [0.15, 0.2) is 29.2 Å². The number of aldehydes is 1. The Balaban J connectivity index is 2.18. The molecule has 8 heteroatoms. The Morgan fingerprint density at radius 3 is 1.97 bits per heavy atom. The maximum absolute atomic E-state index is 13.3. The second-order valence-electron chi connectivity index (χ2n) is 11.1. The van der Waals surface area contributed by atoms with Gasteiger partial charge < -0.3 is 10.2 Å². The zero-order valence-electron chi connectivity index (χ0n) is 19.4. The van der Waals surface area contributed by atoms with Crippen LogP contribution >= 0.6 is 0 Å². The van der Waals surface area contributed by atoms with Crippen molar-refractivity contribution >= 4 is 24.5 Å². The molecule has 0 spiro atoms. The van der Waals surface area contributed by atoms with Crippen LogP contribution in [-0.2, 0) is 19.1 Å². The van der Waals surface area contributed by atoms with E-state index in [0.717, 1.165) is 18.4 Å². The smallest absolute Gasteiger partial charge is 0.299 e. The number of rotatable bonds is 9. The summed E-state index contributed by atoms with van der Waals surface area (Å²) in [6, 6.07) is 6.13. The van der Waals surface area contributed by atoms with Crippen LogP contribution in [0.25, 0.3) is 0 Å². The van der Waals surface area contributed by atoms with Gasteiger partial charge in [-0.25, -0.2) is 4.18 Å². The fraction of sp³-hybridized carbons (Fsp3) is 0.696. The summed E-state index contributed by atoms with van der Waals surface area (Å²) in [6.45, 7) is 12.2. The summed E-state index contributed by atoms with van der Waals surface area (Å²) in [4.78, 5) is 12.2. The summed E-state index contributed by atoms with van der Waals surface area (Å²) in [7, 11) is -6.92. The number of aliphatic hydroxyl groups is 2. The zero-order chi connectivity index (χ0) is 23.5. The molecule has 2 aliphatic rings. The summed E-state index contributed by atoms with van der Waals surface area (Å²) in [6.07, 6.45) is 3.03. The first-order valence-corrected chi connectivity index (χ1v) is 15.5.